The number of guanidine groups is 1. The quantitative estimate of drug-likeness (QED) is 0.642. The summed E-state index contributed by atoms with van der Waals surface area (Å²) in [5.41, 5.74) is 0. The van der Waals surface area contributed by atoms with E-state index in [9.17, 15) is 4.79 Å². The number of aliphatic imine (C=N–C) groups is 1. The van der Waals surface area contributed by atoms with Gasteiger partial charge in [-0.1, -0.05) is 0 Å². The second-order valence-corrected chi connectivity index (χ2v) is 7.78. The van der Waals surface area contributed by atoms with Crippen LogP contribution in [-0.4, -0.2) is 73.1 Å². The SMILES string of the molecule is CN=C(NCc1ncc(C)s1)N1CCC(C(=O)N2CCOCC2)CC1. The minimum absolute atomic E-state index is 0.133. The number of morpholine rings is 1. The molecule has 0 saturated carbocycles. The first-order valence-corrected chi connectivity index (χ1v) is 9.72. The molecule has 0 bridgehead atoms. The van der Waals surface area contributed by atoms with Crippen molar-refractivity contribution in [2.45, 2.75) is 26.3 Å². The molecule has 0 aromatic carbocycles. The zero-order chi connectivity index (χ0) is 17.6. The molecule has 8 heteroatoms. The third kappa shape index (κ3) is 4.70. The Labute approximate surface area is 153 Å². The smallest absolute Gasteiger partial charge is 0.225 e. The topological polar surface area (TPSA) is 70.1 Å². The highest BCUT2D eigenvalue weighted by molar-refractivity contribution is 7.11. The molecule has 2 aliphatic heterocycles. The lowest BCUT2D eigenvalue weighted by molar-refractivity contribution is -0.140. The minimum atomic E-state index is 0.133. The van der Waals surface area contributed by atoms with Crippen molar-refractivity contribution in [3.05, 3.63) is 16.1 Å². The Balaban J connectivity index is 1.47. The van der Waals surface area contributed by atoms with Crippen LogP contribution in [0.2, 0.25) is 0 Å². The molecule has 3 rings (SSSR count). The average molecular weight is 366 g/mol. The van der Waals surface area contributed by atoms with E-state index in [0.717, 1.165) is 50.0 Å². The van der Waals surface area contributed by atoms with Crippen LogP contribution in [-0.2, 0) is 16.1 Å². The number of rotatable bonds is 3. The van der Waals surface area contributed by atoms with E-state index in [4.69, 9.17) is 4.74 Å². The summed E-state index contributed by atoms with van der Waals surface area (Å²) in [6.45, 7) is 7.26. The van der Waals surface area contributed by atoms with Gasteiger partial charge in [-0.2, -0.15) is 0 Å². The van der Waals surface area contributed by atoms with Crippen LogP contribution in [0.4, 0.5) is 0 Å². The van der Waals surface area contributed by atoms with E-state index in [-0.39, 0.29) is 5.92 Å². The van der Waals surface area contributed by atoms with Gasteiger partial charge in [0.15, 0.2) is 5.96 Å². The molecule has 1 N–H and O–H groups in total. The van der Waals surface area contributed by atoms with Crippen LogP contribution in [0.25, 0.3) is 0 Å². The number of likely N-dealkylation sites (tertiary alicyclic amines) is 1. The van der Waals surface area contributed by atoms with Gasteiger partial charge >= 0.3 is 0 Å². The molecule has 7 nitrogen and oxygen atoms in total. The molecule has 25 heavy (non-hydrogen) atoms. The Morgan fingerprint density at radius 2 is 2.04 bits per heavy atom. The van der Waals surface area contributed by atoms with Crippen LogP contribution in [0.5, 0.6) is 0 Å². The fourth-order valence-electron chi connectivity index (χ4n) is 3.35. The predicted octanol–water partition coefficient (Wildman–Crippen LogP) is 1.10. The van der Waals surface area contributed by atoms with Crippen molar-refractivity contribution in [1.29, 1.82) is 0 Å². The summed E-state index contributed by atoms with van der Waals surface area (Å²) in [5, 5.41) is 4.45. The maximum Gasteiger partial charge on any atom is 0.225 e. The van der Waals surface area contributed by atoms with E-state index in [1.165, 1.54) is 4.88 Å². The zero-order valence-electron chi connectivity index (χ0n) is 15.0. The maximum absolute atomic E-state index is 12.6. The van der Waals surface area contributed by atoms with Crippen molar-refractivity contribution in [3.63, 3.8) is 0 Å². The van der Waals surface area contributed by atoms with E-state index in [0.29, 0.717) is 25.7 Å². The van der Waals surface area contributed by atoms with Crippen molar-refractivity contribution < 1.29 is 9.53 Å². The van der Waals surface area contributed by atoms with E-state index < -0.39 is 0 Å². The largest absolute Gasteiger partial charge is 0.378 e. The van der Waals surface area contributed by atoms with Crippen LogP contribution >= 0.6 is 11.3 Å². The molecule has 1 aromatic rings. The van der Waals surface area contributed by atoms with Gasteiger partial charge in [0.1, 0.15) is 5.01 Å². The number of carbonyl (C=O) groups excluding carboxylic acids is 1. The van der Waals surface area contributed by atoms with Gasteiger partial charge in [-0.15, -0.1) is 11.3 Å². The summed E-state index contributed by atoms with van der Waals surface area (Å²) >= 11 is 1.70. The summed E-state index contributed by atoms with van der Waals surface area (Å²) in [6, 6.07) is 0. The number of piperidine rings is 1. The summed E-state index contributed by atoms with van der Waals surface area (Å²) < 4.78 is 5.33. The highest BCUT2D eigenvalue weighted by Gasteiger charge is 2.30. The molecule has 0 aliphatic carbocycles. The number of hydrogen-bond donors (Lipinski definition) is 1. The maximum atomic E-state index is 12.6. The Bertz CT molecular complexity index is 604. The number of amides is 1. The molecule has 0 atom stereocenters. The highest BCUT2D eigenvalue weighted by Crippen LogP contribution is 2.20. The minimum Gasteiger partial charge on any atom is -0.378 e. The van der Waals surface area contributed by atoms with Gasteiger partial charge in [0.2, 0.25) is 5.91 Å². The highest BCUT2D eigenvalue weighted by atomic mass is 32.1. The molecular weight excluding hydrogens is 338 g/mol. The number of carbonyl (C=O) groups is 1. The van der Waals surface area contributed by atoms with Gasteiger partial charge in [-0.25, -0.2) is 4.98 Å². The monoisotopic (exact) mass is 365 g/mol. The fourth-order valence-corrected chi connectivity index (χ4v) is 4.08. The van der Waals surface area contributed by atoms with Gasteiger partial charge in [-0.05, 0) is 19.8 Å². The van der Waals surface area contributed by atoms with E-state index in [1.807, 2.05) is 11.1 Å². The molecule has 2 saturated heterocycles. The Morgan fingerprint density at radius 3 is 2.64 bits per heavy atom. The molecule has 0 unspecified atom stereocenters. The summed E-state index contributed by atoms with van der Waals surface area (Å²) in [6.07, 6.45) is 3.66. The van der Waals surface area contributed by atoms with E-state index in [1.54, 1.807) is 18.4 Å². The lowest BCUT2D eigenvalue weighted by atomic mass is 9.95. The van der Waals surface area contributed by atoms with Crippen LogP contribution < -0.4 is 5.32 Å². The fraction of sp³-hybridized carbons (Fsp3) is 0.706. The standard InChI is InChI=1S/C17H27N5O2S/c1-13-11-19-15(25-13)12-20-17(18-2)22-5-3-14(4-6-22)16(23)21-7-9-24-10-8-21/h11,14H,3-10,12H2,1-2H3,(H,18,20). The normalized spacial score (nSPS) is 20.0. The van der Waals surface area contributed by atoms with Gasteiger partial charge in [0.05, 0.1) is 19.8 Å². The van der Waals surface area contributed by atoms with Crippen LogP contribution in [0.15, 0.2) is 11.2 Å². The molecule has 3 heterocycles. The number of ether oxygens (including phenoxy) is 1. The second-order valence-electron chi connectivity index (χ2n) is 6.46. The van der Waals surface area contributed by atoms with Gasteiger partial charge in [-0.3, -0.25) is 9.79 Å². The number of thiazole rings is 1. The van der Waals surface area contributed by atoms with Gasteiger partial charge in [0.25, 0.3) is 0 Å². The Morgan fingerprint density at radius 1 is 1.32 bits per heavy atom. The van der Waals surface area contributed by atoms with Crippen LogP contribution in [0.1, 0.15) is 22.7 Å². The van der Waals surface area contributed by atoms with Crippen molar-refractivity contribution in [2.24, 2.45) is 10.9 Å². The summed E-state index contributed by atoms with van der Waals surface area (Å²) in [5.74, 6) is 1.32. The van der Waals surface area contributed by atoms with Crippen molar-refractivity contribution in [1.82, 2.24) is 20.1 Å². The Hall–Kier alpha value is -1.67. The molecule has 1 amide bonds. The van der Waals surface area contributed by atoms with Crippen molar-refractivity contribution in [2.75, 3.05) is 46.4 Å². The van der Waals surface area contributed by atoms with Crippen LogP contribution in [0.3, 0.4) is 0 Å². The summed E-state index contributed by atoms with van der Waals surface area (Å²) in [7, 11) is 1.81. The third-order valence-electron chi connectivity index (χ3n) is 4.75. The van der Waals surface area contributed by atoms with E-state index in [2.05, 4.69) is 27.1 Å². The summed E-state index contributed by atoms with van der Waals surface area (Å²) in [4.78, 5) is 26.8. The van der Waals surface area contributed by atoms with Crippen molar-refractivity contribution in [3.8, 4) is 0 Å². The van der Waals surface area contributed by atoms with E-state index >= 15 is 0 Å². The number of nitrogens with zero attached hydrogens (tertiary/aromatic N) is 4. The first-order chi connectivity index (χ1) is 12.2. The van der Waals surface area contributed by atoms with Crippen LogP contribution in [0, 0.1) is 12.8 Å². The molecular formula is C17H27N5O2S. The average Bonchev–Trinajstić information content (AvgIpc) is 3.08. The second kappa shape index (κ2) is 8.62. The van der Waals surface area contributed by atoms with Crippen molar-refractivity contribution >= 4 is 23.2 Å². The molecule has 2 fully saturated rings. The number of nitrogens with one attached hydrogen (secondary N) is 1. The number of aryl methyl sites for hydroxylation is 1. The lowest BCUT2D eigenvalue weighted by Crippen LogP contribution is -2.49. The lowest BCUT2D eigenvalue weighted by Gasteiger charge is -2.36. The number of hydrogen-bond acceptors (Lipinski definition) is 5. The Kier molecular flexibility index (Phi) is 6.25. The molecule has 138 valence electrons. The molecule has 1 aromatic heterocycles. The first-order valence-electron chi connectivity index (χ1n) is 8.91. The first kappa shape index (κ1) is 18.1. The van der Waals surface area contributed by atoms with Gasteiger partial charge < -0.3 is 19.9 Å². The van der Waals surface area contributed by atoms with Gasteiger partial charge in [0, 0.05) is 50.2 Å². The molecule has 0 spiro atoms. The molecule has 0 radical (unpaired) electrons. The predicted molar refractivity (Wildman–Crippen MR) is 98.7 cm³/mol. The number of aromatic nitrogens is 1. The molecule has 2 aliphatic rings. The zero-order valence-corrected chi connectivity index (χ0v) is 15.8. The third-order valence-corrected chi connectivity index (χ3v) is 5.66.